The average Bonchev–Trinajstić information content (AvgIpc) is 3.28. The van der Waals surface area contributed by atoms with E-state index in [2.05, 4.69) is 25.3 Å². The van der Waals surface area contributed by atoms with Crippen LogP contribution in [-0.4, -0.2) is 31.4 Å². The normalized spacial score (nSPS) is 13.6. The molecule has 0 amide bonds. The van der Waals surface area contributed by atoms with E-state index < -0.39 is 40.7 Å². The Kier molecular flexibility index (Phi) is 6.12. The predicted molar refractivity (Wildman–Crippen MR) is 118 cm³/mol. The van der Waals surface area contributed by atoms with Gasteiger partial charge in [0.25, 0.3) is 0 Å². The molecule has 2 aromatic carbocycles. The summed E-state index contributed by atoms with van der Waals surface area (Å²) in [6, 6.07) is 7.61. The number of imidazole rings is 1. The van der Waals surface area contributed by atoms with Crippen molar-refractivity contribution in [3.05, 3.63) is 88.4 Å². The number of H-pyrrole nitrogens is 1. The lowest BCUT2D eigenvalue weighted by atomic mass is 10.00. The second-order valence-electron chi connectivity index (χ2n) is 8.28. The molecule has 3 heterocycles. The Morgan fingerprint density at radius 3 is 2.34 bits per heavy atom. The molecule has 1 aliphatic rings. The van der Waals surface area contributed by atoms with Gasteiger partial charge in [0.05, 0.1) is 53.1 Å². The van der Waals surface area contributed by atoms with Gasteiger partial charge in [-0.3, -0.25) is 5.01 Å². The highest BCUT2D eigenvalue weighted by atomic mass is 19.4. The van der Waals surface area contributed by atoms with Crippen molar-refractivity contribution in [2.75, 3.05) is 0 Å². The molecule has 5 rings (SSSR count). The first-order valence-electron chi connectivity index (χ1n) is 10.8. The molecule has 0 radical (unpaired) electrons. The van der Waals surface area contributed by atoms with Crippen LogP contribution in [0.1, 0.15) is 28.2 Å². The van der Waals surface area contributed by atoms with E-state index in [1.165, 1.54) is 35.5 Å². The zero-order valence-electron chi connectivity index (χ0n) is 18.9. The van der Waals surface area contributed by atoms with Crippen molar-refractivity contribution in [1.29, 1.82) is 0 Å². The lowest BCUT2D eigenvalue weighted by molar-refractivity contribution is -0.142. The van der Waals surface area contributed by atoms with Crippen molar-refractivity contribution in [3.8, 4) is 22.6 Å². The number of benzene rings is 2. The van der Waals surface area contributed by atoms with Gasteiger partial charge in [-0.2, -0.15) is 41.6 Å². The molecule has 6 nitrogen and oxygen atoms in total. The smallest absolute Gasteiger partial charge is 0.340 e. The zero-order chi connectivity index (χ0) is 27.2. The van der Waals surface area contributed by atoms with Crippen molar-refractivity contribution in [3.63, 3.8) is 0 Å². The third-order valence-corrected chi connectivity index (χ3v) is 5.69. The Labute approximate surface area is 208 Å². The predicted octanol–water partition coefficient (Wildman–Crippen LogP) is 6.20. The molecule has 0 bridgehead atoms. The van der Waals surface area contributed by atoms with E-state index in [1.54, 1.807) is 0 Å². The van der Waals surface area contributed by atoms with Gasteiger partial charge in [0.15, 0.2) is 11.6 Å². The van der Waals surface area contributed by atoms with E-state index in [4.69, 9.17) is 0 Å². The van der Waals surface area contributed by atoms with Gasteiger partial charge in [0.1, 0.15) is 11.5 Å². The molecule has 0 saturated carbocycles. The molecule has 0 atom stereocenters. The third kappa shape index (κ3) is 4.93. The molecule has 0 unspecified atom stereocenters. The molecule has 196 valence electrons. The number of rotatable bonds is 4. The van der Waals surface area contributed by atoms with Crippen molar-refractivity contribution in [2.45, 2.75) is 25.4 Å². The molecule has 0 saturated heterocycles. The molecule has 38 heavy (non-hydrogen) atoms. The Hall–Kier alpha value is -4.36. The number of alkyl halides is 6. The van der Waals surface area contributed by atoms with Crippen LogP contribution in [0.5, 0.6) is 0 Å². The van der Waals surface area contributed by atoms with Gasteiger partial charge in [-0.05, 0) is 36.4 Å². The van der Waals surface area contributed by atoms with Crippen LogP contribution in [0.25, 0.3) is 22.6 Å². The van der Waals surface area contributed by atoms with Crippen LogP contribution >= 0.6 is 0 Å². The average molecular weight is 538 g/mol. The molecule has 4 aromatic rings. The molecule has 2 aromatic heterocycles. The molecule has 0 fully saturated rings. The van der Waals surface area contributed by atoms with Crippen LogP contribution in [-0.2, 0) is 25.4 Å². The first-order chi connectivity index (χ1) is 17.9. The molecular formula is C24H14F8N6. The Morgan fingerprint density at radius 2 is 1.66 bits per heavy atom. The number of halogens is 8. The van der Waals surface area contributed by atoms with Gasteiger partial charge in [-0.25, -0.2) is 13.8 Å². The first-order valence-corrected chi connectivity index (χ1v) is 10.8. The van der Waals surface area contributed by atoms with Crippen LogP contribution in [0.4, 0.5) is 35.1 Å². The minimum Gasteiger partial charge on any atom is -0.340 e. The van der Waals surface area contributed by atoms with Crippen molar-refractivity contribution in [1.82, 2.24) is 25.2 Å². The summed E-state index contributed by atoms with van der Waals surface area (Å²) >= 11 is 0. The van der Waals surface area contributed by atoms with Crippen LogP contribution in [0.3, 0.4) is 0 Å². The van der Waals surface area contributed by atoms with E-state index in [1.807, 2.05) is 0 Å². The number of hydrogen-bond acceptors (Lipinski definition) is 5. The lowest BCUT2D eigenvalue weighted by Gasteiger charge is -2.21. The molecule has 1 aliphatic heterocycles. The molecule has 1 N–H and O–H groups in total. The summed E-state index contributed by atoms with van der Waals surface area (Å²) in [5.74, 6) is -1.96. The van der Waals surface area contributed by atoms with Crippen LogP contribution in [0, 0.1) is 11.6 Å². The fourth-order valence-electron chi connectivity index (χ4n) is 3.87. The first kappa shape index (κ1) is 25.3. The van der Waals surface area contributed by atoms with Crippen LogP contribution < -0.4 is 0 Å². The quantitative estimate of drug-likeness (QED) is 0.314. The number of aromatic amines is 1. The summed E-state index contributed by atoms with van der Waals surface area (Å²) in [6.45, 7) is 0.251. The number of nitrogens with zero attached hydrogens (tertiary/aromatic N) is 5. The van der Waals surface area contributed by atoms with Gasteiger partial charge in [0, 0.05) is 5.56 Å². The van der Waals surface area contributed by atoms with Gasteiger partial charge in [0.2, 0.25) is 0 Å². The fourth-order valence-corrected chi connectivity index (χ4v) is 3.87. The van der Waals surface area contributed by atoms with Crippen molar-refractivity contribution < 1.29 is 35.1 Å². The van der Waals surface area contributed by atoms with Gasteiger partial charge in [-0.1, -0.05) is 12.1 Å². The maximum atomic E-state index is 14.1. The topological polar surface area (TPSA) is 70.1 Å². The fraction of sp³-hybridized carbons (Fsp3) is 0.167. The summed E-state index contributed by atoms with van der Waals surface area (Å²) in [5.41, 5.74) is -2.47. The molecule has 0 aliphatic carbocycles. The summed E-state index contributed by atoms with van der Waals surface area (Å²) in [4.78, 5) is 7.16. The maximum Gasteiger partial charge on any atom is 0.417 e. The number of hydrazone groups is 1. The third-order valence-electron chi connectivity index (χ3n) is 5.69. The standard InChI is InChI=1S/C24H14F8N6/c25-17-3-1-2-15(21(17)26)22-34-19-9-33-38(11-20(19)35-22)10-13-5-7-18(37-36-13)14-6-4-12(23(27,28)29)8-16(14)24(30,31)32/h1-9H,10-11H2,(H,34,35). The SMILES string of the molecule is Fc1cccc(-c2nc3c([nH]2)CN(Cc2ccc(-c4ccc(C(F)(F)F)cc4C(F)(F)F)nn2)N=C3)c1F. The van der Waals surface area contributed by atoms with Crippen LogP contribution in [0.2, 0.25) is 0 Å². The Bertz CT molecular complexity index is 1520. The summed E-state index contributed by atoms with van der Waals surface area (Å²) in [6.07, 6.45) is -8.59. The number of nitrogens with one attached hydrogen (secondary N) is 1. The largest absolute Gasteiger partial charge is 0.417 e. The number of fused-ring (bicyclic) bond motifs is 1. The summed E-state index contributed by atoms with van der Waals surface area (Å²) < 4.78 is 107. The highest BCUT2D eigenvalue weighted by Gasteiger charge is 2.38. The lowest BCUT2D eigenvalue weighted by Crippen LogP contribution is -2.22. The van der Waals surface area contributed by atoms with Gasteiger partial charge in [-0.15, -0.1) is 0 Å². The summed E-state index contributed by atoms with van der Waals surface area (Å²) in [7, 11) is 0. The minimum atomic E-state index is -5.05. The monoisotopic (exact) mass is 538 g/mol. The number of hydrogen-bond donors (Lipinski definition) is 1. The van der Waals surface area contributed by atoms with E-state index in [9.17, 15) is 35.1 Å². The zero-order valence-corrected chi connectivity index (χ0v) is 18.9. The van der Waals surface area contributed by atoms with Gasteiger partial charge >= 0.3 is 12.4 Å². The van der Waals surface area contributed by atoms with Crippen molar-refractivity contribution in [2.24, 2.45) is 5.10 Å². The second kappa shape index (κ2) is 9.19. The van der Waals surface area contributed by atoms with Crippen LogP contribution in [0.15, 0.2) is 53.6 Å². The second-order valence-corrected chi connectivity index (χ2v) is 8.28. The molecule has 0 spiro atoms. The highest BCUT2D eigenvalue weighted by molar-refractivity contribution is 5.80. The van der Waals surface area contributed by atoms with Crippen molar-refractivity contribution >= 4 is 6.21 Å². The molecule has 14 heteroatoms. The highest BCUT2D eigenvalue weighted by Crippen LogP contribution is 2.40. The van der Waals surface area contributed by atoms with Gasteiger partial charge < -0.3 is 4.98 Å². The minimum absolute atomic E-state index is 0.0410. The number of aromatic nitrogens is 4. The Morgan fingerprint density at radius 1 is 0.868 bits per heavy atom. The summed E-state index contributed by atoms with van der Waals surface area (Å²) in [5, 5.41) is 13.4. The maximum absolute atomic E-state index is 14.1. The van der Waals surface area contributed by atoms with E-state index in [-0.39, 0.29) is 36.2 Å². The van der Waals surface area contributed by atoms with E-state index >= 15 is 0 Å². The van der Waals surface area contributed by atoms with E-state index in [0.717, 1.165) is 6.07 Å². The molecular weight excluding hydrogens is 524 g/mol. The van der Waals surface area contributed by atoms with E-state index in [0.29, 0.717) is 29.2 Å². The Balaban J connectivity index is 1.34.